The summed E-state index contributed by atoms with van der Waals surface area (Å²) in [6.07, 6.45) is 1.66. The van der Waals surface area contributed by atoms with E-state index in [1.807, 2.05) is 41.8 Å². The Hall–Kier alpha value is -2.66. The average Bonchev–Trinajstić information content (AvgIpc) is 3.16. The molecule has 0 spiro atoms. The van der Waals surface area contributed by atoms with Crippen molar-refractivity contribution in [3.05, 3.63) is 57.0 Å². The lowest BCUT2D eigenvalue weighted by molar-refractivity contribution is -0.119. The molecule has 0 aliphatic rings. The molecule has 28 heavy (non-hydrogen) atoms. The Morgan fingerprint density at radius 2 is 2.14 bits per heavy atom. The fourth-order valence-corrected chi connectivity index (χ4v) is 3.78. The largest absolute Gasteiger partial charge is 0.493 e. The van der Waals surface area contributed by atoms with E-state index in [2.05, 4.69) is 38.1 Å². The quantitative estimate of drug-likeness (QED) is 0.275. The van der Waals surface area contributed by atoms with Crippen LogP contribution in [0.15, 0.2) is 52.9 Å². The highest BCUT2D eigenvalue weighted by atomic mass is 127. The van der Waals surface area contributed by atoms with E-state index in [-0.39, 0.29) is 6.61 Å². The summed E-state index contributed by atoms with van der Waals surface area (Å²) in [5, 5.41) is 6.91. The van der Waals surface area contributed by atoms with Crippen LogP contribution >= 0.6 is 33.9 Å². The van der Waals surface area contributed by atoms with Crippen molar-refractivity contribution in [1.29, 1.82) is 0 Å². The summed E-state index contributed by atoms with van der Waals surface area (Å²) in [6.45, 7) is -0.213. The van der Waals surface area contributed by atoms with E-state index in [0.717, 1.165) is 20.4 Å². The molecule has 144 valence electrons. The molecule has 3 N–H and O–H groups in total. The van der Waals surface area contributed by atoms with E-state index in [9.17, 15) is 4.79 Å². The van der Waals surface area contributed by atoms with Gasteiger partial charge in [0.15, 0.2) is 18.1 Å². The zero-order chi connectivity index (χ0) is 19.9. The van der Waals surface area contributed by atoms with Gasteiger partial charge in [-0.2, -0.15) is 5.10 Å². The number of carbonyl (C=O) groups excluding carboxylic acids is 1. The van der Waals surface area contributed by atoms with Crippen molar-refractivity contribution in [1.82, 2.24) is 4.98 Å². The van der Waals surface area contributed by atoms with Gasteiger partial charge >= 0.3 is 0 Å². The molecule has 0 unspecified atom stereocenters. The van der Waals surface area contributed by atoms with E-state index in [0.29, 0.717) is 16.6 Å². The number of nitrogens with two attached hydrogens (primary N) is 1. The molecule has 0 aliphatic carbocycles. The van der Waals surface area contributed by atoms with Gasteiger partial charge < -0.3 is 15.2 Å². The van der Waals surface area contributed by atoms with Gasteiger partial charge in [-0.3, -0.25) is 10.2 Å². The first-order valence-electron chi connectivity index (χ1n) is 8.15. The number of methoxy groups -OCH3 is 1. The SMILES string of the molecule is COc1cc(C=NNc2nc(-c3ccccc3)cs2)cc(I)c1OCC(N)=O. The summed E-state index contributed by atoms with van der Waals surface area (Å²) in [7, 11) is 1.53. The number of hydrogen-bond acceptors (Lipinski definition) is 7. The maximum atomic E-state index is 10.9. The van der Waals surface area contributed by atoms with Crippen molar-refractivity contribution in [2.45, 2.75) is 0 Å². The third kappa shape index (κ3) is 5.20. The van der Waals surface area contributed by atoms with Gasteiger partial charge in [0, 0.05) is 10.9 Å². The van der Waals surface area contributed by atoms with Crippen LogP contribution in [0, 0.1) is 3.57 Å². The third-order valence-corrected chi connectivity index (χ3v) is 5.11. The van der Waals surface area contributed by atoms with Gasteiger partial charge in [0.25, 0.3) is 5.91 Å². The maximum absolute atomic E-state index is 10.9. The number of ether oxygens (including phenoxy) is 2. The summed E-state index contributed by atoms with van der Waals surface area (Å²) in [5.74, 6) is 0.417. The Balaban J connectivity index is 1.70. The average molecular weight is 508 g/mol. The number of hydrogen-bond donors (Lipinski definition) is 2. The number of nitrogens with zero attached hydrogens (tertiary/aromatic N) is 2. The normalized spacial score (nSPS) is 10.8. The van der Waals surface area contributed by atoms with E-state index in [1.54, 1.807) is 12.3 Å². The first kappa shape index (κ1) is 20.1. The van der Waals surface area contributed by atoms with Crippen LogP contribution in [0.5, 0.6) is 11.5 Å². The van der Waals surface area contributed by atoms with Crippen molar-refractivity contribution in [2.75, 3.05) is 19.1 Å². The summed E-state index contributed by atoms with van der Waals surface area (Å²) in [5.41, 5.74) is 10.8. The molecule has 9 heteroatoms. The Morgan fingerprint density at radius 3 is 2.86 bits per heavy atom. The minimum Gasteiger partial charge on any atom is -0.493 e. The van der Waals surface area contributed by atoms with Crippen molar-refractivity contribution in [3.8, 4) is 22.8 Å². The fourth-order valence-electron chi connectivity index (χ4n) is 2.33. The third-order valence-electron chi connectivity index (χ3n) is 3.56. The molecule has 1 heterocycles. The van der Waals surface area contributed by atoms with Crippen LogP contribution < -0.4 is 20.6 Å². The standard InChI is InChI=1S/C19H17IN4O3S/c1-26-16-8-12(7-14(20)18(16)27-10-17(21)25)9-22-24-19-23-15(11-28-19)13-5-3-2-4-6-13/h2-9,11H,10H2,1H3,(H2,21,25)(H,23,24). The molecule has 0 saturated carbocycles. The van der Waals surface area contributed by atoms with Gasteiger partial charge in [-0.15, -0.1) is 11.3 Å². The fraction of sp³-hybridized carbons (Fsp3) is 0.105. The summed E-state index contributed by atoms with van der Waals surface area (Å²) < 4.78 is 11.5. The van der Waals surface area contributed by atoms with Crippen molar-refractivity contribution < 1.29 is 14.3 Å². The first-order valence-corrected chi connectivity index (χ1v) is 10.1. The second-order valence-electron chi connectivity index (χ2n) is 5.56. The van der Waals surface area contributed by atoms with Crippen LogP contribution in [-0.4, -0.2) is 30.8 Å². The summed E-state index contributed by atoms with van der Waals surface area (Å²) in [4.78, 5) is 15.5. The monoisotopic (exact) mass is 508 g/mol. The molecule has 3 aromatic rings. The van der Waals surface area contributed by atoms with Crippen LogP contribution in [0.2, 0.25) is 0 Å². The van der Waals surface area contributed by atoms with Gasteiger partial charge in [0.1, 0.15) is 0 Å². The number of primary amides is 1. The predicted octanol–water partition coefficient (Wildman–Crippen LogP) is 3.73. The number of anilines is 1. The molecular formula is C19H17IN4O3S. The van der Waals surface area contributed by atoms with Gasteiger partial charge in [0.05, 0.1) is 22.6 Å². The molecule has 3 rings (SSSR count). The molecule has 0 atom stereocenters. The maximum Gasteiger partial charge on any atom is 0.255 e. The molecule has 0 saturated heterocycles. The molecule has 7 nitrogen and oxygen atoms in total. The Morgan fingerprint density at radius 1 is 1.36 bits per heavy atom. The van der Waals surface area contributed by atoms with Crippen LogP contribution in [0.4, 0.5) is 5.13 Å². The van der Waals surface area contributed by atoms with Gasteiger partial charge in [-0.05, 0) is 40.3 Å². The first-order chi connectivity index (χ1) is 13.6. The number of aromatic nitrogens is 1. The Bertz CT molecular complexity index is 992. The van der Waals surface area contributed by atoms with Gasteiger partial charge in [-0.1, -0.05) is 30.3 Å². The summed E-state index contributed by atoms with van der Waals surface area (Å²) >= 11 is 3.58. The van der Waals surface area contributed by atoms with E-state index >= 15 is 0 Å². The Labute approximate surface area is 179 Å². The number of rotatable bonds is 8. The molecule has 1 aromatic heterocycles. The van der Waals surface area contributed by atoms with E-state index in [4.69, 9.17) is 15.2 Å². The van der Waals surface area contributed by atoms with Crippen LogP contribution in [0.1, 0.15) is 5.56 Å². The Kier molecular flexibility index (Phi) is 6.82. The lowest BCUT2D eigenvalue weighted by atomic mass is 10.2. The van der Waals surface area contributed by atoms with Crippen molar-refractivity contribution in [2.24, 2.45) is 10.8 Å². The lowest BCUT2D eigenvalue weighted by Gasteiger charge is -2.12. The molecule has 2 aromatic carbocycles. The van der Waals surface area contributed by atoms with E-state index < -0.39 is 5.91 Å². The van der Waals surface area contributed by atoms with E-state index in [1.165, 1.54) is 18.4 Å². The van der Waals surface area contributed by atoms with Gasteiger partial charge in [0.2, 0.25) is 5.13 Å². The molecule has 1 amide bonds. The van der Waals surface area contributed by atoms with Crippen LogP contribution in [-0.2, 0) is 4.79 Å². The molecule has 0 aliphatic heterocycles. The molecular weight excluding hydrogens is 491 g/mol. The number of hydrazone groups is 1. The van der Waals surface area contributed by atoms with Gasteiger partial charge in [-0.25, -0.2) is 4.98 Å². The number of halogens is 1. The molecule has 0 fully saturated rings. The molecule has 0 bridgehead atoms. The second-order valence-corrected chi connectivity index (χ2v) is 7.58. The second kappa shape index (κ2) is 9.51. The minimum absolute atomic E-state index is 0.213. The topological polar surface area (TPSA) is 98.8 Å². The predicted molar refractivity (Wildman–Crippen MR) is 119 cm³/mol. The number of amides is 1. The highest BCUT2D eigenvalue weighted by Crippen LogP contribution is 2.33. The highest BCUT2D eigenvalue weighted by Gasteiger charge is 2.12. The van der Waals surface area contributed by atoms with Crippen LogP contribution in [0.25, 0.3) is 11.3 Å². The minimum atomic E-state index is -0.550. The number of carbonyl (C=O) groups is 1. The van der Waals surface area contributed by atoms with Crippen molar-refractivity contribution >= 4 is 51.2 Å². The number of thiazole rings is 1. The number of nitrogens with one attached hydrogen (secondary N) is 1. The zero-order valence-electron chi connectivity index (χ0n) is 14.9. The lowest BCUT2D eigenvalue weighted by Crippen LogP contribution is -2.20. The molecule has 0 radical (unpaired) electrons. The van der Waals surface area contributed by atoms with Crippen molar-refractivity contribution in [3.63, 3.8) is 0 Å². The number of benzene rings is 2. The zero-order valence-corrected chi connectivity index (χ0v) is 17.9. The summed E-state index contributed by atoms with van der Waals surface area (Å²) in [6, 6.07) is 13.6. The highest BCUT2D eigenvalue weighted by molar-refractivity contribution is 14.1. The van der Waals surface area contributed by atoms with Crippen LogP contribution in [0.3, 0.4) is 0 Å². The smallest absolute Gasteiger partial charge is 0.255 e.